The molecule has 1 aromatic rings. The predicted octanol–water partition coefficient (Wildman–Crippen LogP) is 3.30. The molecule has 0 amide bonds. The fourth-order valence-electron chi connectivity index (χ4n) is 2.35. The summed E-state index contributed by atoms with van der Waals surface area (Å²) in [5, 5.41) is 0. The Morgan fingerprint density at radius 2 is 1.82 bits per heavy atom. The molecule has 3 rings (SSSR count). The SMILES string of the molecule is C1CCOC1.CC.CCc1cccc(CN2CC(OC)C2)n1. The van der Waals surface area contributed by atoms with E-state index < -0.39 is 0 Å². The highest BCUT2D eigenvalue weighted by atomic mass is 16.5. The van der Waals surface area contributed by atoms with E-state index in [1.807, 2.05) is 13.8 Å². The Balaban J connectivity index is 0.000000289. The van der Waals surface area contributed by atoms with E-state index in [0.29, 0.717) is 6.10 Å². The van der Waals surface area contributed by atoms with Crippen LogP contribution >= 0.6 is 0 Å². The van der Waals surface area contributed by atoms with E-state index in [1.165, 1.54) is 24.2 Å². The van der Waals surface area contributed by atoms with Crippen molar-refractivity contribution >= 4 is 0 Å². The standard InChI is InChI=1S/C12H18N2O.C4H8O.C2H6/c1-3-10-5-4-6-11(13-10)7-14-8-12(9-14)15-2;1-2-4-5-3-1;1-2/h4-6,12H,3,7-9H2,1-2H3;1-4H2;1-2H3. The van der Waals surface area contributed by atoms with Gasteiger partial charge >= 0.3 is 0 Å². The summed E-state index contributed by atoms with van der Waals surface area (Å²) in [6.45, 7) is 11.2. The molecule has 2 aliphatic rings. The molecule has 2 saturated heterocycles. The average molecular weight is 308 g/mol. The molecule has 4 heteroatoms. The Kier molecular flexibility index (Phi) is 10.0. The van der Waals surface area contributed by atoms with Crippen LogP contribution in [0.1, 0.15) is 45.0 Å². The number of rotatable bonds is 4. The van der Waals surface area contributed by atoms with Crippen molar-refractivity contribution in [2.75, 3.05) is 33.4 Å². The van der Waals surface area contributed by atoms with Gasteiger partial charge in [0.2, 0.25) is 0 Å². The van der Waals surface area contributed by atoms with Gasteiger partial charge in [0.15, 0.2) is 0 Å². The van der Waals surface area contributed by atoms with Gasteiger partial charge in [-0.25, -0.2) is 0 Å². The van der Waals surface area contributed by atoms with Gasteiger partial charge in [0, 0.05) is 45.7 Å². The minimum atomic E-state index is 0.430. The first-order chi connectivity index (χ1) is 10.8. The van der Waals surface area contributed by atoms with Crippen LogP contribution in [0.5, 0.6) is 0 Å². The second-order valence-corrected chi connectivity index (χ2v) is 5.35. The summed E-state index contributed by atoms with van der Waals surface area (Å²) >= 11 is 0. The highest BCUT2D eigenvalue weighted by Gasteiger charge is 2.26. The van der Waals surface area contributed by atoms with Gasteiger partial charge in [-0.05, 0) is 31.4 Å². The number of hydrogen-bond donors (Lipinski definition) is 0. The molecule has 0 aromatic carbocycles. The Morgan fingerprint density at radius 1 is 1.18 bits per heavy atom. The molecule has 2 aliphatic heterocycles. The average Bonchev–Trinajstić information content (AvgIpc) is 3.12. The second kappa shape index (κ2) is 11.6. The number of aryl methyl sites for hydroxylation is 1. The number of pyridine rings is 1. The molecule has 0 saturated carbocycles. The van der Waals surface area contributed by atoms with Crippen molar-refractivity contribution in [1.82, 2.24) is 9.88 Å². The molecule has 4 nitrogen and oxygen atoms in total. The lowest BCUT2D eigenvalue weighted by atomic mass is 10.1. The lowest BCUT2D eigenvalue weighted by molar-refractivity contribution is -0.0339. The number of methoxy groups -OCH3 is 1. The summed E-state index contributed by atoms with van der Waals surface area (Å²) in [6, 6.07) is 6.27. The lowest BCUT2D eigenvalue weighted by Gasteiger charge is -2.37. The predicted molar refractivity (Wildman–Crippen MR) is 91.1 cm³/mol. The zero-order valence-corrected chi connectivity index (χ0v) is 14.7. The van der Waals surface area contributed by atoms with Gasteiger partial charge in [-0.15, -0.1) is 0 Å². The van der Waals surface area contributed by atoms with E-state index >= 15 is 0 Å². The van der Waals surface area contributed by atoms with Crippen molar-refractivity contribution in [2.24, 2.45) is 0 Å². The molecule has 22 heavy (non-hydrogen) atoms. The fourth-order valence-corrected chi connectivity index (χ4v) is 2.35. The molecule has 126 valence electrons. The summed E-state index contributed by atoms with van der Waals surface area (Å²) in [7, 11) is 1.78. The summed E-state index contributed by atoms with van der Waals surface area (Å²) in [5.41, 5.74) is 2.35. The maximum absolute atomic E-state index is 5.24. The molecule has 3 heterocycles. The number of nitrogens with zero attached hydrogens (tertiary/aromatic N) is 2. The minimum absolute atomic E-state index is 0.430. The molecular formula is C18H32N2O2. The van der Waals surface area contributed by atoms with Gasteiger partial charge in [-0.1, -0.05) is 26.8 Å². The summed E-state index contributed by atoms with van der Waals surface area (Å²) in [5.74, 6) is 0. The zero-order valence-electron chi connectivity index (χ0n) is 14.7. The molecule has 0 spiro atoms. The number of hydrogen-bond acceptors (Lipinski definition) is 4. The topological polar surface area (TPSA) is 34.6 Å². The highest BCUT2D eigenvalue weighted by molar-refractivity contribution is 5.11. The molecule has 2 fully saturated rings. The number of likely N-dealkylation sites (tertiary alicyclic amines) is 1. The molecule has 0 unspecified atom stereocenters. The van der Waals surface area contributed by atoms with E-state index in [1.54, 1.807) is 7.11 Å². The van der Waals surface area contributed by atoms with Gasteiger partial charge in [0.1, 0.15) is 0 Å². The Hall–Kier alpha value is -0.970. The maximum atomic E-state index is 5.24. The Bertz CT molecular complexity index is 381. The van der Waals surface area contributed by atoms with E-state index in [9.17, 15) is 0 Å². The smallest absolute Gasteiger partial charge is 0.0825 e. The normalized spacial score (nSPS) is 17.8. The fraction of sp³-hybridized carbons (Fsp3) is 0.722. The van der Waals surface area contributed by atoms with E-state index in [2.05, 4.69) is 35.0 Å². The van der Waals surface area contributed by atoms with Crippen LogP contribution in [0.3, 0.4) is 0 Å². The molecule has 0 N–H and O–H groups in total. The Morgan fingerprint density at radius 3 is 2.32 bits per heavy atom. The first-order valence-electron chi connectivity index (χ1n) is 8.59. The van der Waals surface area contributed by atoms with Crippen LogP contribution in [0.15, 0.2) is 18.2 Å². The second-order valence-electron chi connectivity index (χ2n) is 5.35. The summed E-state index contributed by atoms with van der Waals surface area (Å²) in [4.78, 5) is 6.94. The molecule has 0 radical (unpaired) electrons. The lowest BCUT2D eigenvalue weighted by Crippen LogP contribution is -2.51. The van der Waals surface area contributed by atoms with Crippen molar-refractivity contribution in [2.45, 2.75) is 52.7 Å². The molecule has 1 aromatic heterocycles. The van der Waals surface area contributed by atoms with E-state index in [0.717, 1.165) is 39.3 Å². The largest absolute Gasteiger partial charge is 0.381 e. The third-order valence-corrected chi connectivity index (χ3v) is 3.70. The van der Waals surface area contributed by atoms with Crippen molar-refractivity contribution in [1.29, 1.82) is 0 Å². The zero-order chi connectivity index (χ0) is 16.2. The van der Waals surface area contributed by atoms with Crippen molar-refractivity contribution in [3.05, 3.63) is 29.6 Å². The molecule has 0 atom stereocenters. The quantitative estimate of drug-likeness (QED) is 0.855. The first-order valence-corrected chi connectivity index (χ1v) is 8.59. The third kappa shape index (κ3) is 6.86. The third-order valence-electron chi connectivity index (χ3n) is 3.70. The van der Waals surface area contributed by atoms with E-state index in [-0.39, 0.29) is 0 Å². The molecular weight excluding hydrogens is 276 g/mol. The van der Waals surface area contributed by atoms with Gasteiger partial charge in [0.05, 0.1) is 11.8 Å². The summed E-state index contributed by atoms with van der Waals surface area (Å²) < 4.78 is 10.2. The van der Waals surface area contributed by atoms with Crippen molar-refractivity contribution in [3.63, 3.8) is 0 Å². The maximum Gasteiger partial charge on any atom is 0.0825 e. The van der Waals surface area contributed by atoms with Crippen LogP contribution in [0.2, 0.25) is 0 Å². The van der Waals surface area contributed by atoms with Crippen LogP contribution in [0.25, 0.3) is 0 Å². The van der Waals surface area contributed by atoms with Crippen molar-refractivity contribution < 1.29 is 9.47 Å². The van der Waals surface area contributed by atoms with Gasteiger partial charge in [-0.3, -0.25) is 9.88 Å². The van der Waals surface area contributed by atoms with Crippen LogP contribution in [-0.4, -0.2) is 49.4 Å². The van der Waals surface area contributed by atoms with Crippen LogP contribution in [-0.2, 0) is 22.4 Å². The number of aromatic nitrogens is 1. The van der Waals surface area contributed by atoms with Gasteiger partial charge < -0.3 is 9.47 Å². The molecule has 0 bridgehead atoms. The van der Waals surface area contributed by atoms with Crippen LogP contribution in [0.4, 0.5) is 0 Å². The Labute approximate surface area is 135 Å². The minimum Gasteiger partial charge on any atom is -0.381 e. The molecule has 0 aliphatic carbocycles. The monoisotopic (exact) mass is 308 g/mol. The van der Waals surface area contributed by atoms with Crippen LogP contribution in [0, 0.1) is 0 Å². The van der Waals surface area contributed by atoms with Gasteiger partial charge in [0.25, 0.3) is 0 Å². The van der Waals surface area contributed by atoms with Crippen molar-refractivity contribution in [3.8, 4) is 0 Å². The first kappa shape index (κ1) is 19.1. The van der Waals surface area contributed by atoms with E-state index in [4.69, 9.17) is 9.47 Å². The van der Waals surface area contributed by atoms with Gasteiger partial charge in [-0.2, -0.15) is 0 Å². The summed E-state index contributed by atoms with van der Waals surface area (Å²) in [6.07, 6.45) is 3.99. The highest BCUT2D eigenvalue weighted by Crippen LogP contribution is 2.14. The van der Waals surface area contributed by atoms with Crippen LogP contribution < -0.4 is 0 Å². The number of ether oxygens (including phenoxy) is 2.